The minimum Gasteiger partial charge on any atom is -0.478 e. The Bertz CT molecular complexity index is 995. The highest BCUT2D eigenvalue weighted by Crippen LogP contribution is 2.25. The van der Waals surface area contributed by atoms with Crippen LogP contribution in [0.5, 0.6) is 5.75 Å². The number of anilines is 1. The van der Waals surface area contributed by atoms with Crippen LogP contribution in [0, 0.1) is 5.82 Å². The molecular formula is C25H29FN2O4. The van der Waals surface area contributed by atoms with E-state index in [0.717, 1.165) is 31.8 Å². The van der Waals surface area contributed by atoms with Gasteiger partial charge in [0.25, 0.3) is 5.91 Å². The Hall–Kier alpha value is -3.22. The normalized spacial score (nSPS) is 14.9. The lowest BCUT2D eigenvalue weighted by molar-refractivity contribution is -0.140. The molecule has 6 nitrogen and oxygen atoms in total. The summed E-state index contributed by atoms with van der Waals surface area (Å²) in [6, 6.07) is 13.6. The number of para-hydroxylation sites is 1. The number of hydrogen-bond acceptors (Lipinski definition) is 5. The van der Waals surface area contributed by atoms with Crippen LogP contribution in [0.1, 0.15) is 44.1 Å². The largest absolute Gasteiger partial charge is 0.478 e. The molecule has 0 aliphatic carbocycles. The van der Waals surface area contributed by atoms with Crippen LogP contribution >= 0.6 is 0 Å². The van der Waals surface area contributed by atoms with Gasteiger partial charge < -0.3 is 23.4 Å². The van der Waals surface area contributed by atoms with E-state index >= 15 is 0 Å². The van der Waals surface area contributed by atoms with E-state index in [9.17, 15) is 9.18 Å². The summed E-state index contributed by atoms with van der Waals surface area (Å²) in [5.41, 5.74) is 0. The molecule has 0 N–H and O–H groups in total. The van der Waals surface area contributed by atoms with Crippen LogP contribution in [-0.2, 0) is 17.9 Å². The molecule has 1 amide bonds. The fourth-order valence-corrected chi connectivity index (χ4v) is 3.93. The summed E-state index contributed by atoms with van der Waals surface area (Å²) in [6.45, 7) is 4.34. The molecular weight excluding hydrogens is 411 g/mol. The number of benzene rings is 1. The quantitative estimate of drug-likeness (QED) is 0.447. The minimum absolute atomic E-state index is 0.0658. The number of carbonyl (C=O) groups is 1. The predicted molar refractivity (Wildman–Crippen MR) is 119 cm³/mol. The molecule has 170 valence electrons. The predicted octanol–water partition coefficient (Wildman–Crippen LogP) is 5.39. The van der Waals surface area contributed by atoms with Crippen LogP contribution in [0.4, 0.5) is 10.3 Å². The van der Waals surface area contributed by atoms with Crippen molar-refractivity contribution in [1.82, 2.24) is 4.90 Å². The van der Waals surface area contributed by atoms with Crippen molar-refractivity contribution in [2.75, 3.05) is 18.0 Å². The molecule has 2 aromatic heterocycles. The topological polar surface area (TPSA) is 59.1 Å². The van der Waals surface area contributed by atoms with Gasteiger partial charge in [0.15, 0.2) is 23.6 Å². The van der Waals surface area contributed by atoms with E-state index in [0.29, 0.717) is 17.9 Å². The average Bonchev–Trinajstić information content (AvgIpc) is 3.51. The molecule has 3 heterocycles. The fourth-order valence-electron chi connectivity index (χ4n) is 3.93. The van der Waals surface area contributed by atoms with E-state index < -0.39 is 11.9 Å². The molecule has 7 heteroatoms. The van der Waals surface area contributed by atoms with E-state index in [-0.39, 0.29) is 24.7 Å². The van der Waals surface area contributed by atoms with Crippen molar-refractivity contribution in [2.45, 2.75) is 51.8 Å². The molecule has 0 saturated carbocycles. The molecule has 3 aromatic rings. The molecule has 1 aromatic carbocycles. The first-order valence-corrected chi connectivity index (χ1v) is 11.2. The Kier molecular flexibility index (Phi) is 7.14. The van der Waals surface area contributed by atoms with Gasteiger partial charge in [-0.2, -0.15) is 0 Å². The van der Waals surface area contributed by atoms with E-state index in [1.165, 1.54) is 18.6 Å². The molecule has 0 radical (unpaired) electrons. The maximum Gasteiger partial charge on any atom is 0.264 e. The van der Waals surface area contributed by atoms with Gasteiger partial charge in [0.05, 0.1) is 19.4 Å². The lowest BCUT2D eigenvalue weighted by Gasteiger charge is -2.27. The summed E-state index contributed by atoms with van der Waals surface area (Å²) in [6.07, 6.45) is 4.72. The van der Waals surface area contributed by atoms with Gasteiger partial charge in [0.2, 0.25) is 0 Å². The van der Waals surface area contributed by atoms with E-state index in [1.54, 1.807) is 29.4 Å². The van der Waals surface area contributed by atoms with Gasteiger partial charge in [-0.15, -0.1) is 0 Å². The Balaban J connectivity index is 1.51. The number of furan rings is 2. The van der Waals surface area contributed by atoms with Crippen molar-refractivity contribution >= 4 is 11.8 Å². The second kappa shape index (κ2) is 10.4. The van der Waals surface area contributed by atoms with Crippen molar-refractivity contribution in [3.63, 3.8) is 0 Å². The molecule has 1 fully saturated rings. The summed E-state index contributed by atoms with van der Waals surface area (Å²) in [5, 5.41) is 0. The van der Waals surface area contributed by atoms with E-state index in [2.05, 4.69) is 4.90 Å². The summed E-state index contributed by atoms with van der Waals surface area (Å²) < 4.78 is 31.4. The second-order valence-electron chi connectivity index (χ2n) is 8.01. The minimum atomic E-state index is -0.821. The average molecular weight is 441 g/mol. The number of amides is 1. The van der Waals surface area contributed by atoms with Gasteiger partial charge in [-0.25, -0.2) is 4.39 Å². The summed E-state index contributed by atoms with van der Waals surface area (Å²) in [5.74, 6) is 1.50. The number of carbonyl (C=O) groups excluding carboxylic acids is 1. The molecule has 0 bridgehead atoms. The van der Waals surface area contributed by atoms with Crippen molar-refractivity contribution in [3.8, 4) is 5.75 Å². The highest BCUT2D eigenvalue weighted by molar-refractivity contribution is 5.81. The van der Waals surface area contributed by atoms with Crippen molar-refractivity contribution in [1.29, 1.82) is 0 Å². The van der Waals surface area contributed by atoms with E-state index in [4.69, 9.17) is 13.6 Å². The summed E-state index contributed by atoms with van der Waals surface area (Å²) in [4.78, 5) is 17.3. The number of ether oxygens (including phenoxy) is 1. The number of nitrogens with zero attached hydrogens (tertiary/aromatic N) is 2. The van der Waals surface area contributed by atoms with Gasteiger partial charge >= 0.3 is 0 Å². The first kappa shape index (κ1) is 22.0. The fraction of sp³-hybridized carbons (Fsp3) is 0.400. The molecule has 1 atom stereocenters. The summed E-state index contributed by atoms with van der Waals surface area (Å²) >= 11 is 0. The maximum absolute atomic E-state index is 14.1. The first-order chi connectivity index (χ1) is 15.6. The van der Waals surface area contributed by atoms with Crippen LogP contribution in [0.25, 0.3) is 0 Å². The Labute approximate surface area is 187 Å². The monoisotopic (exact) mass is 440 g/mol. The number of piperidine rings is 1. The third kappa shape index (κ3) is 5.33. The molecule has 1 saturated heterocycles. The van der Waals surface area contributed by atoms with Gasteiger partial charge in [0, 0.05) is 19.2 Å². The van der Waals surface area contributed by atoms with Gasteiger partial charge in [-0.05, 0) is 56.0 Å². The maximum atomic E-state index is 14.1. The van der Waals surface area contributed by atoms with Crippen LogP contribution in [0.3, 0.4) is 0 Å². The second-order valence-corrected chi connectivity index (χ2v) is 8.01. The standard InChI is InChI=1S/C25H29FN2O4/c1-2-22(32-23-11-5-4-10-21(23)26)25(29)28(17-19-9-8-16-30-19)18-20-12-13-24(31-20)27-14-6-3-7-15-27/h4-5,8-13,16,22H,2-3,6-7,14-15,17-18H2,1H3. The highest BCUT2D eigenvalue weighted by atomic mass is 19.1. The van der Waals surface area contributed by atoms with Crippen molar-refractivity contribution < 1.29 is 22.8 Å². The smallest absolute Gasteiger partial charge is 0.264 e. The van der Waals surface area contributed by atoms with Crippen LogP contribution < -0.4 is 9.64 Å². The zero-order chi connectivity index (χ0) is 22.3. The Morgan fingerprint density at radius 3 is 2.56 bits per heavy atom. The SMILES string of the molecule is CCC(Oc1ccccc1F)C(=O)N(Cc1ccco1)Cc1ccc(N2CCCCC2)o1. The van der Waals surface area contributed by atoms with Gasteiger partial charge in [-0.1, -0.05) is 19.1 Å². The number of halogens is 1. The molecule has 1 unspecified atom stereocenters. The zero-order valence-corrected chi connectivity index (χ0v) is 18.3. The van der Waals surface area contributed by atoms with Gasteiger partial charge in [-0.3, -0.25) is 4.79 Å². The van der Waals surface area contributed by atoms with Crippen LogP contribution in [-0.4, -0.2) is 30.0 Å². The number of rotatable bonds is 9. The molecule has 1 aliphatic rings. The highest BCUT2D eigenvalue weighted by Gasteiger charge is 2.27. The van der Waals surface area contributed by atoms with E-state index in [1.807, 2.05) is 25.1 Å². The zero-order valence-electron chi connectivity index (χ0n) is 18.3. The molecule has 0 spiro atoms. The Morgan fingerprint density at radius 1 is 1.06 bits per heavy atom. The summed E-state index contributed by atoms with van der Waals surface area (Å²) in [7, 11) is 0. The van der Waals surface area contributed by atoms with Crippen molar-refractivity contribution in [3.05, 3.63) is 72.1 Å². The third-order valence-electron chi connectivity index (χ3n) is 5.65. The van der Waals surface area contributed by atoms with Gasteiger partial charge in [0.1, 0.15) is 11.5 Å². The van der Waals surface area contributed by atoms with Crippen LogP contribution in [0.2, 0.25) is 0 Å². The first-order valence-electron chi connectivity index (χ1n) is 11.2. The van der Waals surface area contributed by atoms with Crippen molar-refractivity contribution in [2.24, 2.45) is 0 Å². The molecule has 4 rings (SSSR count). The third-order valence-corrected chi connectivity index (χ3v) is 5.65. The molecule has 1 aliphatic heterocycles. The lowest BCUT2D eigenvalue weighted by Crippen LogP contribution is -2.41. The molecule has 32 heavy (non-hydrogen) atoms. The Morgan fingerprint density at radius 2 is 1.84 bits per heavy atom. The lowest BCUT2D eigenvalue weighted by atomic mass is 10.1. The number of hydrogen-bond donors (Lipinski definition) is 0. The van der Waals surface area contributed by atoms with Crippen LogP contribution in [0.15, 0.2) is 63.6 Å².